The summed E-state index contributed by atoms with van der Waals surface area (Å²) < 4.78 is 11.7. The van der Waals surface area contributed by atoms with Crippen molar-refractivity contribution in [3.8, 4) is 17.1 Å². The Morgan fingerprint density at radius 3 is 2.53 bits per heavy atom. The van der Waals surface area contributed by atoms with Gasteiger partial charge in [-0.3, -0.25) is 9.88 Å². The number of hydrogen-bond acceptors (Lipinski definition) is 5. The van der Waals surface area contributed by atoms with E-state index in [-0.39, 0.29) is 0 Å². The number of nitrogens with zero attached hydrogens (tertiary/aromatic N) is 3. The van der Waals surface area contributed by atoms with Gasteiger partial charge >= 0.3 is 0 Å². The number of ether oxygens (including phenoxy) is 1. The lowest BCUT2D eigenvalue weighted by Gasteiger charge is -2.36. The highest BCUT2D eigenvalue weighted by molar-refractivity contribution is 5.90. The summed E-state index contributed by atoms with van der Waals surface area (Å²) >= 11 is 0. The van der Waals surface area contributed by atoms with Crippen molar-refractivity contribution in [2.45, 2.75) is 6.54 Å². The molecule has 5 rings (SSSR count). The van der Waals surface area contributed by atoms with Crippen molar-refractivity contribution in [1.82, 2.24) is 9.88 Å². The number of benzene rings is 2. The average Bonchev–Trinajstić information content (AvgIpc) is 3.27. The van der Waals surface area contributed by atoms with E-state index >= 15 is 0 Å². The van der Waals surface area contributed by atoms with Gasteiger partial charge in [0.05, 0.1) is 7.11 Å². The van der Waals surface area contributed by atoms with Gasteiger partial charge in [-0.2, -0.15) is 0 Å². The maximum absolute atomic E-state index is 6.19. The van der Waals surface area contributed by atoms with E-state index in [4.69, 9.17) is 9.15 Å². The van der Waals surface area contributed by atoms with Crippen molar-refractivity contribution in [1.29, 1.82) is 0 Å². The van der Waals surface area contributed by atoms with Crippen LogP contribution in [0.15, 0.2) is 77.5 Å². The first-order chi connectivity index (χ1) is 14.8. The maximum atomic E-state index is 6.19. The van der Waals surface area contributed by atoms with Crippen molar-refractivity contribution in [3.63, 3.8) is 0 Å². The molecule has 152 valence electrons. The molecule has 2 aromatic heterocycles. The first-order valence-corrected chi connectivity index (χ1v) is 10.3. The summed E-state index contributed by atoms with van der Waals surface area (Å²) in [5.41, 5.74) is 4.34. The van der Waals surface area contributed by atoms with Crippen LogP contribution < -0.4 is 9.64 Å². The van der Waals surface area contributed by atoms with E-state index in [0.717, 1.165) is 60.8 Å². The zero-order chi connectivity index (χ0) is 20.3. The molecule has 30 heavy (non-hydrogen) atoms. The van der Waals surface area contributed by atoms with Gasteiger partial charge in [-0.15, -0.1) is 0 Å². The van der Waals surface area contributed by atoms with Gasteiger partial charge in [0.1, 0.15) is 5.76 Å². The van der Waals surface area contributed by atoms with Gasteiger partial charge < -0.3 is 14.1 Å². The molecular weight excluding hydrogens is 374 g/mol. The molecule has 1 aliphatic heterocycles. The van der Waals surface area contributed by atoms with Crippen molar-refractivity contribution in [2.24, 2.45) is 0 Å². The van der Waals surface area contributed by atoms with Crippen LogP contribution in [0.4, 0.5) is 5.69 Å². The second kappa shape index (κ2) is 8.20. The van der Waals surface area contributed by atoms with Gasteiger partial charge in [0.2, 0.25) is 0 Å². The molecule has 0 saturated carbocycles. The Labute approximate surface area is 176 Å². The van der Waals surface area contributed by atoms with Gasteiger partial charge in [0.15, 0.2) is 11.3 Å². The van der Waals surface area contributed by atoms with E-state index in [1.54, 1.807) is 13.3 Å². The number of piperazine rings is 1. The van der Waals surface area contributed by atoms with Gasteiger partial charge in [0.25, 0.3) is 0 Å². The molecule has 0 radical (unpaired) electrons. The SMILES string of the molecule is COc1ccc(CN2CCN(c3ccccc3)CC2)c2cc(-c3cccnc3)oc12. The average molecular weight is 399 g/mol. The van der Waals surface area contributed by atoms with Crippen molar-refractivity contribution >= 4 is 16.7 Å². The van der Waals surface area contributed by atoms with Crippen LogP contribution in [0.25, 0.3) is 22.3 Å². The largest absolute Gasteiger partial charge is 0.493 e. The lowest BCUT2D eigenvalue weighted by molar-refractivity contribution is 0.250. The normalized spacial score (nSPS) is 14.9. The summed E-state index contributed by atoms with van der Waals surface area (Å²) in [6.45, 7) is 5.05. The number of pyridine rings is 1. The van der Waals surface area contributed by atoms with E-state index < -0.39 is 0 Å². The van der Waals surface area contributed by atoms with Crippen molar-refractivity contribution in [3.05, 3.63) is 78.6 Å². The molecule has 0 N–H and O–H groups in total. The maximum Gasteiger partial charge on any atom is 0.176 e. The Hall–Kier alpha value is -3.31. The summed E-state index contributed by atoms with van der Waals surface area (Å²) in [5, 5.41) is 1.11. The van der Waals surface area contributed by atoms with E-state index in [1.807, 2.05) is 24.4 Å². The molecule has 5 nitrogen and oxygen atoms in total. The van der Waals surface area contributed by atoms with Gasteiger partial charge in [-0.25, -0.2) is 0 Å². The highest BCUT2D eigenvalue weighted by Crippen LogP contribution is 2.36. The molecule has 4 aromatic rings. The fourth-order valence-electron chi connectivity index (χ4n) is 4.15. The Morgan fingerprint density at radius 1 is 0.967 bits per heavy atom. The van der Waals surface area contributed by atoms with Crippen LogP contribution in [-0.2, 0) is 6.54 Å². The lowest BCUT2D eigenvalue weighted by Crippen LogP contribution is -2.45. The van der Waals surface area contributed by atoms with Crippen LogP contribution in [0.1, 0.15) is 5.56 Å². The fourth-order valence-corrected chi connectivity index (χ4v) is 4.15. The second-order valence-corrected chi connectivity index (χ2v) is 7.62. The molecule has 1 aliphatic rings. The highest BCUT2D eigenvalue weighted by Gasteiger charge is 2.20. The number of anilines is 1. The second-order valence-electron chi connectivity index (χ2n) is 7.62. The fraction of sp³-hybridized carbons (Fsp3) is 0.240. The number of rotatable bonds is 5. The van der Waals surface area contributed by atoms with E-state index in [1.165, 1.54) is 11.3 Å². The molecule has 0 unspecified atom stereocenters. The molecular formula is C25H25N3O2. The van der Waals surface area contributed by atoms with Gasteiger partial charge in [-0.1, -0.05) is 24.3 Å². The molecule has 0 amide bonds. The van der Waals surface area contributed by atoms with Crippen molar-refractivity contribution < 1.29 is 9.15 Å². The summed E-state index contributed by atoms with van der Waals surface area (Å²) in [4.78, 5) is 9.19. The third-order valence-electron chi connectivity index (χ3n) is 5.79. The predicted octanol–water partition coefficient (Wildman–Crippen LogP) is 4.83. The minimum Gasteiger partial charge on any atom is -0.493 e. The minimum absolute atomic E-state index is 0.762. The van der Waals surface area contributed by atoms with Crippen LogP contribution >= 0.6 is 0 Å². The van der Waals surface area contributed by atoms with E-state index in [2.05, 4.69) is 57.2 Å². The first kappa shape index (κ1) is 18.7. The molecule has 0 bridgehead atoms. The summed E-state index contributed by atoms with van der Waals surface area (Å²) in [7, 11) is 1.68. The van der Waals surface area contributed by atoms with Gasteiger partial charge in [0, 0.05) is 61.8 Å². The molecule has 0 spiro atoms. The number of aromatic nitrogens is 1. The van der Waals surface area contributed by atoms with Crippen LogP contribution in [-0.4, -0.2) is 43.2 Å². The third kappa shape index (κ3) is 3.64. The van der Waals surface area contributed by atoms with Crippen LogP contribution in [0.2, 0.25) is 0 Å². The highest BCUT2D eigenvalue weighted by atomic mass is 16.5. The van der Waals surface area contributed by atoms with Crippen LogP contribution in [0.5, 0.6) is 5.75 Å². The smallest absolute Gasteiger partial charge is 0.176 e. The monoisotopic (exact) mass is 399 g/mol. The van der Waals surface area contributed by atoms with Crippen LogP contribution in [0.3, 0.4) is 0 Å². The minimum atomic E-state index is 0.762. The zero-order valence-corrected chi connectivity index (χ0v) is 17.1. The van der Waals surface area contributed by atoms with Gasteiger partial charge in [-0.05, 0) is 42.0 Å². The van der Waals surface area contributed by atoms with E-state index in [0.29, 0.717) is 0 Å². The Balaban J connectivity index is 1.38. The summed E-state index contributed by atoms with van der Waals surface area (Å²) in [6, 6.07) is 20.9. The number of hydrogen-bond donors (Lipinski definition) is 0. The number of furan rings is 1. The number of methoxy groups -OCH3 is 1. The van der Waals surface area contributed by atoms with Crippen LogP contribution in [0, 0.1) is 0 Å². The predicted molar refractivity (Wildman–Crippen MR) is 120 cm³/mol. The topological polar surface area (TPSA) is 41.7 Å². The number of para-hydroxylation sites is 1. The first-order valence-electron chi connectivity index (χ1n) is 10.3. The Bertz CT molecular complexity index is 1120. The molecule has 0 aliphatic carbocycles. The zero-order valence-electron chi connectivity index (χ0n) is 17.1. The molecule has 1 saturated heterocycles. The van der Waals surface area contributed by atoms with Crippen molar-refractivity contribution in [2.75, 3.05) is 38.2 Å². The molecule has 5 heteroatoms. The molecule has 0 atom stereocenters. The standard InChI is InChI=1S/C25H25N3O2/c1-29-23-10-9-20(22-16-24(30-25(22)23)19-6-5-11-26-17-19)18-27-12-14-28(15-13-27)21-7-3-2-4-8-21/h2-11,16-17H,12-15,18H2,1H3. The molecule has 1 fully saturated rings. The number of fused-ring (bicyclic) bond motifs is 1. The Morgan fingerprint density at radius 2 is 1.80 bits per heavy atom. The lowest BCUT2D eigenvalue weighted by atomic mass is 10.1. The summed E-state index contributed by atoms with van der Waals surface area (Å²) in [5.74, 6) is 1.58. The third-order valence-corrected chi connectivity index (χ3v) is 5.79. The summed E-state index contributed by atoms with van der Waals surface area (Å²) in [6.07, 6.45) is 3.60. The van der Waals surface area contributed by atoms with E-state index in [9.17, 15) is 0 Å². The quantitative estimate of drug-likeness (QED) is 0.481. The molecule has 3 heterocycles. The Kier molecular flexibility index (Phi) is 5.11. The molecule has 2 aromatic carbocycles.